The largest absolute Gasteiger partial charge is 0.507 e. The van der Waals surface area contributed by atoms with Crippen LogP contribution in [0.4, 0.5) is 0 Å². The third-order valence-electron chi connectivity index (χ3n) is 2.87. The number of methoxy groups -OCH3 is 1. The molecule has 1 atom stereocenters. The highest BCUT2D eigenvalue weighted by Crippen LogP contribution is 2.29. The summed E-state index contributed by atoms with van der Waals surface area (Å²) in [5, 5.41) is 19.0. The zero-order valence-corrected chi connectivity index (χ0v) is 10.3. The van der Waals surface area contributed by atoms with E-state index in [1.54, 1.807) is 0 Å². The molecule has 100 valence electrons. The Morgan fingerprint density at radius 1 is 1.37 bits per heavy atom. The molecule has 0 radical (unpaired) electrons. The minimum absolute atomic E-state index is 0.00198. The van der Waals surface area contributed by atoms with Crippen molar-refractivity contribution in [1.29, 1.82) is 0 Å². The van der Waals surface area contributed by atoms with Gasteiger partial charge in [0.1, 0.15) is 28.6 Å². The van der Waals surface area contributed by atoms with Gasteiger partial charge in [-0.1, -0.05) is 0 Å². The summed E-state index contributed by atoms with van der Waals surface area (Å²) in [6, 6.07) is 4.24. The average molecular weight is 264 g/mol. The number of rotatable bonds is 3. The van der Waals surface area contributed by atoms with Gasteiger partial charge in [0.15, 0.2) is 0 Å². The number of aliphatic carboxylic acids is 1. The van der Waals surface area contributed by atoms with Gasteiger partial charge in [-0.15, -0.1) is 0 Å². The number of benzene rings is 1. The molecule has 0 aliphatic carbocycles. The van der Waals surface area contributed by atoms with E-state index < -0.39 is 17.5 Å². The van der Waals surface area contributed by atoms with Crippen molar-refractivity contribution < 1.29 is 24.2 Å². The van der Waals surface area contributed by atoms with E-state index in [2.05, 4.69) is 0 Å². The van der Waals surface area contributed by atoms with E-state index in [0.717, 1.165) is 0 Å². The Bertz CT molecular complexity index is 700. The second-order valence-corrected chi connectivity index (χ2v) is 4.11. The van der Waals surface area contributed by atoms with E-state index in [-0.39, 0.29) is 16.9 Å². The van der Waals surface area contributed by atoms with Gasteiger partial charge >= 0.3 is 11.6 Å². The Balaban J connectivity index is 2.75. The number of phenols is 1. The van der Waals surface area contributed by atoms with Gasteiger partial charge in [-0.3, -0.25) is 4.79 Å². The standard InChI is InChI=1S/C13H12O6/c1-6(12(15)16)10-4-7-3-8(18-2)5-9(14)11(7)13(17)19-10/h3-6,14H,1-2H3,(H,15,16)/t6-/m0/s1. The number of hydrogen-bond acceptors (Lipinski definition) is 5. The van der Waals surface area contributed by atoms with Gasteiger partial charge in [0, 0.05) is 6.07 Å². The van der Waals surface area contributed by atoms with Crippen LogP contribution in [0.15, 0.2) is 27.4 Å². The maximum Gasteiger partial charge on any atom is 0.347 e. The number of ether oxygens (including phenoxy) is 1. The lowest BCUT2D eigenvalue weighted by molar-refractivity contribution is -0.138. The molecule has 0 aliphatic rings. The average Bonchev–Trinajstić information content (AvgIpc) is 2.36. The maximum absolute atomic E-state index is 11.8. The van der Waals surface area contributed by atoms with Crippen molar-refractivity contribution in [2.24, 2.45) is 0 Å². The van der Waals surface area contributed by atoms with Crippen molar-refractivity contribution in [1.82, 2.24) is 0 Å². The molecule has 0 saturated carbocycles. The van der Waals surface area contributed by atoms with Gasteiger partial charge in [0.2, 0.25) is 0 Å². The van der Waals surface area contributed by atoms with E-state index in [1.807, 2.05) is 0 Å². The molecule has 6 heteroatoms. The number of aromatic hydroxyl groups is 1. The summed E-state index contributed by atoms with van der Waals surface area (Å²) in [6.45, 7) is 1.41. The van der Waals surface area contributed by atoms with Crippen LogP contribution in [-0.2, 0) is 4.79 Å². The van der Waals surface area contributed by atoms with Crippen LogP contribution in [0.1, 0.15) is 18.6 Å². The Hall–Kier alpha value is -2.50. The van der Waals surface area contributed by atoms with Crippen LogP contribution in [0.2, 0.25) is 0 Å². The highest BCUT2D eigenvalue weighted by Gasteiger charge is 2.19. The molecule has 0 amide bonds. The highest BCUT2D eigenvalue weighted by atomic mass is 16.5. The Morgan fingerprint density at radius 3 is 2.63 bits per heavy atom. The van der Waals surface area contributed by atoms with Gasteiger partial charge in [-0.25, -0.2) is 4.79 Å². The fourth-order valence-electron chi connectivity index (χ4n) is 1.75. The molecular formula is C13H12O6. The fourth-order valence-corrected chi connectivity index (χ4v) is 1.75. The summed E-state index contributed by atoms with van der Waals surface area (Å²) in [4.78, 5) is 22.7. The highest BCUT2D eigenvalue weighted by molar-refractivity contribution is 5.89. The van der Waals surface area contributed by atoms with Crippen molar-refractivity contribution in [3.8, 4) is 11.5 Å². The third kappa shape index (κ3) is 2.24. The molecular weight excluding hydrogens is 252 g/mol. The Morgan fingerprint density at radius 2 is 2.05 bits per heavy atom. The lowest BCUT2D eigenvalue weighted by Crippen LogP contribution is -2.11. The Labute approximate surface area is 107 Å². The lowest BCUT2D eigenvalue weighted by Gasteiger charge is -2.08. The second kappa shape index (κ2) is 4.64. The maximum atomic E-state index is 11.8. The summed E-state index contributed by atoms with van der Waals surface area (Å²) in [6.07, 6.45) is 0. The normalized spacial score (nSPS) is 12.3. The molecule has 0 unspecified atom stereocenters. The van der Waals surface area contributed by atoms with Gasteiger partial charge in [0.05, 0.1) is 7.11 Å². The lowest BCUT2D eigenvalue weighted by atomic mass is 10.1. The first-order valence-electron chi connectivity index (χ1n) is 5.51. The molecule has 0 saturated heterocycles. The molecule has 2 rings (SSSR count). The summed E-state index contributed by atoms with van der Waals surface area (Å²) in [5.41, 5.74) is -0.777. The summed E-state index contributed by atoms with van der Waals surface area (Å²) in [5.74, 6) is -1.93. The van der Waals surface area contributed by atoms with Gasteiger partial charge < -0.3 is 19.4 Å². The first-order chi connectivity index (χ1) is 8.93. The predicted molar refractivity (Wildman–Crippen MR) is 66.8 cm³/mol. The molecule has 1 heterocycles. The molecule has 1 aromatic carbocycles. The first kappa shape index (κ1) is 12.9. The quantitative estimate of drug-likeness (QED) is 0.875. The molecule has 2 N–H and O–H groups in total. The summed E-state index contributed by atoms with van der Waals surface area (Å²) < 4.78 is 9.91. The van der Waals surface area contributed by atoms with Crippen molar-refractivity contribution in [3.05, 3.63) is 34.4 Å². The van der Waals surface area contributed by atoms with Crippen molar-refractivity contribution in [2.75, 3.05) is 7.11 Å². The smallest absolute Gasteiger partial charge is 0.347 e. The van der Waals surface area contributed by atoms with Crippen LogP contribution < -0.4 is 10.4 Å². The first-order valence-corrected chi connectivity index (χ1v) is 5.51. The summed E-state index contributed by atoms with van der Waals surface area (Å²) >= 11 is 0. The SMILES string of the molecule is COc1cc(O)c2c(=O)oc([C@H](C)C(=O)O)cc2c1. The van der Waals surface area contributed by atoms with E-state index in [1.165, 1.54) is 32.2 Å². The predicted octanol–water partition coefficient (Wildman–Crippen LogP) is 1.70. The number of carboxylic acids is 1. The van der Waals surface area contributed by atoms with Crippen LogP contribution in [-0.4, -0.2) is 23.3 Å². The number of carboxylic acid groups (broad SMARTS) is 1. The number of phenolic OH excluding ortho intramolecular Hbond substituents is 1. The van der Waals surface area contributed by atoms with Gasteiger partial charge in [0.25, 0.3) is 0 Å². The van der Waals surface area contributed by atoms with Crippen LogP contribution in [0, 0.1) is 0 Å². The minimum Gasteiger partial charge on any atom is -0.507 e. The molecule has 0 spiro atoms. The second-order valence-electron chi connectivity index (χ2n) is 4.11. The minimum atomic E-state index is -1.10. The molecule has 0 fully saturated rings. The van der Waals surface area contributed by atoms with Crippen LogP contribution >= 0.6 is 0 Å². The molecule has 1 aromatic heterocycles. The van der Waals surface area contributed by atoms with E-state index >= 15 is 0 Å². The molecule has 6 nitrogen and oxygen atoms in total. The van der Waals surface area contributed by atoms with Gasteiger partial charge in [-0.2, -0.15) is 0 Å². The molecule has 0 bridgehead atoms. The van der Waals surface area contributed by atoms with Crippen molar-refractivity contribution >= 4 is 16.7 Å². The van der Waals surface area contributed by atoms with Crippen LogP contribution in [0.25, 0.3) is 10.8 Å². The molecule has 19 heavy (non-hydrogen) atoms. The van der Waals surface area contributed by atoms with E-state index in [0.29, 0.717) is 11.1 Å². The monoisotopic (exact) mass is 264 g/mol. The topological polar surface area (TPSA) is 97.0 Å². The fraction of sp³-hybridized carbons (Fsp3) is 0.231. The number of carbonyl (C=O) groups is 1. The van der Waals surface area contributed by atoms with Crippen LogP contribution in [0.3, 0.4) is 0 Å². The Kier molecular flexibility index (Phi) is 3.16. The van der Waals surface area contributed by atoms with Gasteiger partial charge in [-0.05, 0) is 24.4 Å². The van der Waals surface area contributed by atoms with Crippen LogP contribution in [0.5, 0.6) is 11.5 Å². The molecule has 2 aromatic rings. The zero-order valence-electron chi connectivity index (χ0n) is 10.3. The van der Waals surface area contributed by atoms with E-state index in [4.69, 9.17) is 14.3 Å². The molecule has 0 aliphatic heterocycles. The zero-order chi connectivity index (χ0) is 14.2. The number of hydrogen-bond donors (Lipinski definition) is 2. The van der Waals surface area contributed by atoms with Crippen molar-refractivity contribution in [2.45, 2.75) is 12.8 Å². The number of fused-ring (bicyclic) bond motifs is 1. The van der Waals surface area contributed by atoms with E-state index in [9.17, 15) is 14.7 Å². The van der Waals surface area contributed by atoms with Crippen molar-refractivity contribution in [3.63, 3.8) is 0 Å². The third-order valence-corrected chi connectivity index (χ3v) is 2.87. The summed E-state index contributed by atoms with van der Waals surface area (Å²) in [7, 11) is 1.42.